The van der Waals surface area contributed by atoms with E-state index < -0.39 is 127 Å². The summed E-state index contributed by atoms with van der Waals surface area (Å²) in [5.74, 6) is -24.4. The lowest BCUT2D eigenvalue weighted by Crippen LogP contribution is -2.21. The molecule has 0 amide bonds. The molecule has 5 rings (SSSR count). The van der Waals surface area contributed by atoms with E-state index in [1.165, 1.54) is 6.07 Å². The number of rotatable bonds is 2. The van der Waals surface area contributed by atoms with E-state index in [0.29, 0.717) is 12.1 Å². The van der Waals surface area contributed by atoms with Crippen LogP contribution >= 0.6 is 22.7 Å². The van der Waals surface area contributed by atoms with Crippen LogP contribution < -0.4 is 10.4 Å². The summed E-state index contributed by atoms with van der Waals surface area (Å²) in [7, 11) is 0. The van der Waals surface area contributed by atoms with E-state index in [-0.39, 0.29) is 22.7 Å². The first kappa shape index (κ1) is 32.3. The number of alkyl halides is 3. The molecule has 0 bridgehead atoms. The maximum absolute atomic E-state index is 14.7. The zero-order chi connectivity index (χ0) is 34.2. The van der Waals surface area contributed by atoms with Crippen molar-refractivity contribution in [1.82, 2.24) is 0 Å². The van der Waals surface area contributed by atoms with Crippen LogP contribution in [0, 0.1) is 82.6 Å². The van der Waals surface area contributed by atoms with Gasteiger partial charge in [0.05, 0.1) is 30.3 Å². The molecule has 18 heteroatoms. The average molecular weight is 691 g/mol. The predicted octanol–water partition coefficient (Wildman–Crippen LogP) is 8.98. The molecule has 0 aliphatic heterocycles. The summed E-state index contributed by atoms with van der Waals surface area (Å²) in [5, 5.41) is 6.22. The molecule has 2 aromatic heterocycles. The highest BCUT2D eigenvalue weighted by Crippen LogP contribution is 2.42. The molecule has 2 heterocycles. The number of benzene rings is 3. The summed E-state index contributed by atoms with van der Waals surface area (Å²) in [5.41, 5.74) is -6.30. The zero-order valence-electron chi connectivity index (χ0n) is 21.2. The van der Waals surface area contributed by atoms with Gasteiger partial charge in [-0.05, 0) is 22.9 Å². The number of hydrogen-bond acceptors (Lipinski definition) is 3. The molecule has 46 heavy (non-hydrogen) atoms. The third kappa shape index (κ3) is 4.54. The van der Waals surface area contributed by atoms with Gasteiger partial charge >= 0.3 is 6.18 Å². The molecule has 3 nitrogen and oxygen atoms in total. The van der Waals surface area contributed by atoms with Gasteiger partial charge in [-0.2, -0.15) is 13.2 Å². The minimum absolute atomic E-state index is 0.0257. The third-order valence-electron chi connectivity index (χ3n) is 6.44. The predicted molar refractivity (Wildman–Crippen MR) is 139 cm³/mol. The van der Waals surface area contributed by atoms with Gasteiger partial charge in [0.25, 0.3) is 11.4 Å². The fraction of sp³-hybridized carbons (Fsp3) is 0.0357. The van der Waals surface area contributed by atoms with Crippen molar-refractivity contribution in [3.05, 3.63) is 104 Å². The average Bonchev–Trinajstić information content (AvgIpc) is 3.63. The molecular weight excluding hydrogens is 689 g/mol. The van der Waals surface area contributed by atoms with Crippen molar-refractivity contribution in [1.29, 1.82) is 5.26 Å². The highest BCUT2D eigenvalue weighted by Gasteiger charge is 2.38. The van der Waals surface area contributed by atoms with E-state index in [9.17, 15) is 62.3 Å². The molecule has 232 valence electrons. The fourth-order valence-electron chi connectivity index (χ4n) is 4.53. The van der Waals surface area contributed by atoms with Crippen molar-refractivity contribution in [2.45, 2.75) is 6.18 Å². The smallest absolute Gasteiger partial charge is 0.232 e. The topological polar surface area (TPSA) is 32.5 Å². The van der Waals surface area contributed by atoms with Crippen LogP contribution in [0.3, 0.4) is 0 Å². The molecule has 0 atom stereocenters. The Bertz CT molecular complexity index is 2250. The van der Waals surface area contributed by atoms with Crippen LogP contribution in [0.4, 0.5) is 57.1 Å². The van der Waals surface area contributed by atoms with Crippen molar-refractivity contribution >= 4 is 54.2 Å². The highest BCUT2D eigenvalue weighted by atomic mass is 32.1. The maximum Gasteiger partial charge on any atom is 0.420 e. The first-order chi connectivity index (χ1) is 21.5. The quantitative estimate of drug-likeness (QED) is 0.0788. The number of hydrogen-bond donors (Lipinski definition) is 0. The molecule has 0 fully saturated rings. The van der Waals surface area contributed by atoms with Crippen LogP contribution in [0.5, 0.6) is 0 Å². The van der Waals surface area contributed by atoms with Gasteiger partial charge in [0.2, 0.25) is 11.6 Å². The van der Waals surface area contributed by atoms with E-state index in [4.69, 9.17) is 13.1 Å². The lowest BCUT2D eigenvalue weighted by atomic mass is 10.0. The van der Waals surface area contributed by atoms with Gasteiger partial charge in [0.1, 0.15) is 0 Å². The zero-order valence-corrected chi connectivity index (χ0v) is 22.9. The fourth-order valence-corrected chi connectivity index (χ4v) is 7.04. The Morgan fingerprint density at radius 1 is 0.587 bits per heavy atom. The third-order valence-corrected chi connectivity index (χ3v) is 8.78. The van der Waals surface area contributed by atoms with Crippen LogP contribution in [0.1, 0.15) is 0 Å². The van der Waals surface area contributed by atoms with Crippen LogP contribution in [-0.2, 0) is 0 Å². The van der Waals surface area contributed by atoms with Gasteiger partial charge in [-0.25, -0.2) is 58.9 Å². The van der Waals surface area contributed by atoms with E-state index in [1.54, 1.807) is 0 Å². The number of halogens is 13. The molecule has 0 N–H and O–H groups in total. The van der Waals surface area contributed by atoms with Gasteiger partial charge in [0, 0.05) is 29.6 Å². The second-order valence-corrected chi connectivity index (χ2v) is 11.0. The standard InChI is InChI=1S/C28H2F13N3S2/c1-43-8(5-42)11-6-3-9(13-15(29)19(33)23(37)20(34)16(13)30)46-26(6)12(27(44-2)28(39,40)41)7-4-10(45-25(7)11)14-17(31)21(35)24(38)22(36)18(14)32/h3-4H/b11-8-,27-12+. The van der Waals surface area contributed by atoms with Gasteiger partial charge < -0.3 is 0 Å². The molecule has 0 unspecified atom stereocenters. The largest absolute Gasteiger partial charge is 0.420 e. The van der Waals surface area contributed by atoms with E-state index in [0.717, 1.165) is 0 Å². The van der Waals surface area contributed by atoms with Gasteiger partial charge in [0.15, 0.2) is 46.5 Å². The highest BCUT2D eigenvalue weighted by molar-refractivity contribution is 7.23. The van der Waals surface area contributed by atoms with Crippen LogP contribution in [0.15, 0.2) is 12.1 Å². The molecule has 0 saturated carbocycles. The second-order valence-electron chi connectivity index (χ2n) is 8.88. The Morgan fingerprint density at radius 2 is 0.935 bits per heavy atom. The summed E-state index contributed by atoms with van der Waals surface area (Å²) in [4.78, 5) is 3.53. The lowest BCUT2D eigenvalue weighted by Gasteiger charge is -2.07. The van der Waals surface area contributed by atoms with Crippen molar-refractivity contribution in [3.8, 4) is 27.0 Å². The number of thiophene rings is 2. The maximum atomic E-state index is 14.7. The lowest BCUT2D eigenvalue weighted by molar-refractivity contribution is -0.0690. The monoisotopic (exact) mass is 691 g/mol. The summed E-state index contributed by atoms with van der Waals surface area (Å²) in [6, 6.07) is 2.43. The Hall–Kier alpha value is -5.12. The van der Waals surface area contributed by atoms with Gasteiger partial charge in [-0.3, -0.25) is 0 Å². The first-order valence-corrected chi connectivity index (χ1v) is 13.2. The molecule has 0 saturated heterocycles. The van der Waals surface area contributed by atoms with Crippen molar-refractivity contribution in [2.75, 3.05) is 0 Å². The van der Waals surface area contributed by atoms with Crippen molar-refractivity contribution in [3.63, 3.8) is 0 Å². The van der Waals surface area contributed by atoms with Crippen molar-refractivity contribution in [2.24, 2.45) is 0 Å². The molecular formula is C28H2F13N3S2. The van der Waals surface area contributed by atoms with Crippen LogP contribution in [0.25, 0.3) is 62.1 Å². The van der Waals surface area contributed by atoms with Crippen LogP contribution in [0.2, 0.25) is 0 Å². The summed E-state index contributed by atoms with van der Waals surface area (Å²) in [6.07, 6.45) is -5.55. The molecule has 0 aliphatic carbocycles. The molecule has 0 aliphatic rings. The minimum atomic E-state index is -5.55. The number of fused-ring (bicyclic) bond motifs is 2. The SMILES string of the molecule is [C-]#[N+]/C(C#N)=c1/c2cc(-c3c(F)c(F)c(F)c(F)c3F)sc2/c(=C(/[N+]#[C-])C(F)(F)F)c2cc(-c3c(F)c(F)c(F)c(F)c3F)sc12. The summed E-state index contributed by atoms with van der Waals surface area (Å²) < 4.78 is 184. The van der Waals surface area contributed by atoms with Gasteiger partial charge in [-0.1, -0.05) is 0 Å². The molecule has 0 radical (unpaired) electrons. The normalized spacial score (nSPS) is 13.1. The molecule has 5 aromatic rings. The number of nitrogens with zero attached hydrogens (tertiary/aromatic N) is 3. The number of nitriles is 1. The van der Waals surface area contributed by atoms with E-state index in [1.807, 2.05) is 0 Å². The Balaban J connectivity index is 2.14. The van der Waals surface area contributed by atoms with E-state index >= 15 is 0 Å². The van der Waals surface area contributed by atoms with Crippen molar-refractivity contribution < 1.29 is 57.1 Å². The minimum Gasteiger partial charge on any atom is -0.232 e. The molecule has 0 spiro atoms. The summed E-state index contributed by atoms with van der Waals surface area (Å²) in [6.45, 7) is 14.6. The Morgan fingerprint density at radius 3 is 1.26 bits per heavy atom. The second kappa shape index (κ2) is 11.0. The Labute approximate surface area is 253 Å². The molecule has 3 aromatic carbocycles. The van der Waals surface area contributed by atoms with Gasteiger partial charge in [-0.15, -0.1) is 22.7 Å². The first-order valence-electron chi connectivity index (χ1n) is 11.5. The summed E-state index contributed by atoms with van der Waals surface area (Å²) >= 11 is -0.0390. The van der Waals surface area contributed by atoms with Crippen LogP contribution in [-0.4, -0.2) is 6.18 Å². The van der Waals surface area contributed by atoms with E-state index in [2.05, 4.69) is 9.69 Å². The Kier molecular flexibility index (Phi) is 7.75.